The molecule has 0 radical (unpaired) electrons. The number of rotatable bonds is 6. The van der Waals surface area contributed by atoms with Gasteiger partial charge >= 0.3 is 0 Å². The Morgan fingerprint density at radius 1 is 1.43 bits per heavy atom. The van der Waals surface area contributed by atoms with E-state index in [-0.39, 0.29) is 0 Å². The second-order valence-corrected chi connectivity index (χ2v) is 6.19. The zero-order valence-corrected chi connectivity index (χ0v) is 13.4. The Bertz CT molecular complexity index is 655. The van der Waals surface area contributed by atoms with Crippen LogP contribution in [0.1, 0.15) is 12.5 Å². The van der Waals surface area contributed by atoms with Gasteiger partial charge in [-0.2, -0.15) is 0 Å². The summed E-state index contributed by atoms with van der Waals surface area (Å²) >= 11 is 6.08. The smallest absolute Gasteiger partial charge is 0.257 e. The van der Waals surface area contributed by atoms with Gasteiger partial charge in [0.2, 0.25) is 10.0 Å². The third-order valence-electron chi connectivity index (χ3n) is 2.25. The Morgan fingerprint density at radius 2 is 2.10 bits per heavy atom. The minimum Gasteiger partial charge on any atom is -0.493 e. The maximum Gasteiger partial charge on any atom is 0.257 e. The molecule has 0 aliphatic heterocycles. The molecule has 8 heteroatoms. The molecular formula is C13H16ClNO5S. The molecule has 1 N–H and O–H groups in total. The van der Waals surface area contributed by atoms with Crippen LogP contribution in [0.4, 0.5) is 0 Å². The van der Waals surface area contributed by atoms with Crippen molar-refractivity contribution in [3.8, 4) is 11.5 Å². The molecule has 0 spiro atoms. The lowest BCUT2D eigenvalue weighted by Crippen LogP contribution is -2.27. The predicted octanol–water partition coefficient (Wildman–Crippen LogP) is 1.84. The monoisotopic (exact) mass is 333 g/mol. The van der Waals surface area contributed by atoms with Crippen molar-refractivity contribution in [3.05, 3.63) is 28.8 Å². The van der Waals surface area contributed by atoms with Crippen LogP contribution in [0.5, 0.6) is 11.5 Å². The van der Waals surface area contributed by atoms with Crippen molar-refractivity contribution >= 4 is 33.6 Å². The number of carbonyl (C=O) groups excluding carboxylic acids is 1. The summed E-state index contributed by atoms with van der Waals surface area (Å²) in [5, 5.41) is 0.333. The first kappa shape index (κ1) is 17.3. The molecule has 116 valence electrons. The number of halogens is 1. The predicted molar refractivity (Wildman–Crippen MR) is 81.2 cm³/mol. The summed E-state index contributed by atoms with van der Waals surface area (Å²) in [6.45, 7) is 2.25. The number of carbonyl (C=O) groups is 1. The van der Waals surface area contributed by atoms with Gasteiger partial charge in [-0.1, -0.05) is 11.6 Å². The van der Waals surface area contributed by atoms with Gasteiger partial charge in [0.05, 0.1) is 25.0 Å². The standard InChI is InChI=1S/C13H16ClNO5S/c1-4-20-13-10(14)7-9(8-11(13)19-2)5-6-12(16)15-21(3,17)18/h5-8H,4H2,1-3H3,(H,15,16)/b6-5+. The molecular weight excluding hydrogens is 318 g/mol. The molecule has 1 aromatic carbocycles. The molecule has 0 unspecified atom stereocenters. The summed E-state index contributed by atoms with van der Waals surface area (Å²) in [5.41, 5.74) is 0.573. The molecule has 0 saturated carbocycles. The molecule has 0 heterocycles. The van der Waals surface area contributed by atoms with E-state index in [1.54, 1.807) is 12.1 Å². The summed E-state index contributed by atoms with van der Waals surface area (Å²) in [5.74, 6) is 0.0911. The van der Waals surface area contributed by atoms with E-state index in [9.17, 15) is 13.2 Å². The van der Waals surface area contributed by atoms with E-state index in [4.69, 9.17) is 21.1 Å². The highest BCUT2D eigenvalue weighted by molar-refractivity contribution is 7.89. The lowest BCUT2D eigenvalue weighted by Gasteiger charge is -2.11. The van der Waals surface area contributed by atoms with Gasteiger partial charge in [-0.05, 0) is 30.7 Å². The molecule has 1 aromatic rings. The van der Waals surface area contributed by atoms with Gasteiger partial charge in [-0.3, -0.25) is 4.79 Å². The Labute approximate surface area is 128 Å². The van der Waals surface area contributed by atoms with E-state index in [1.165, 1.54) is 13.2 Å². The normalized spacial score (nSPS) is 11.4. The maximum atomic E-state index is 11.4. The Kier molecular flexibility index (Phi) is 6.04. The second kappa shape index (κ2) is 7.33. The number of hydrogen-bond acceptors (Lipinski definition) is 5. The van der Waals surface area contributed by atoms with Crippen LogP contribution in [0.2, 0.25) is 5.02 Å². The van der Waals surface area contributed by atoms with E-state index < -0.39 is 15.9 Å². The van der Waals surface area contributed by atoms with Gasteiger partial charge in [0.25, 0.3) is 5.91 Å². The highest BCUT2D eigenvalue weighted by Gasteiger charge is 2.11. The van der Waals surface area contributed by atoms with Crippen molar-refractivity contribution in [2.75, 3.05) is 20.0 Å². The van der Waals surface area contributed by atoms with Gasteiger partial charge in [0.15, 0.2) is 11.5 Å². The van der Waals surface area contributed by atoms with Gasteiger partial charge in [0, 0.05) is 6.08 Å². The third kappa shape index (κ3) is 5.65. The van der Waals surface area contributed by atoms with Gasteiger partial charge in [-0.25, -0.2) is 13.1 Å². The molecule has 1 rings (SSSR count). The topological polar surface area (TPSA) is 81.7 Å². The molecule has 0 bridgehead atoms. The van der Waals surface area contributed by atoms with E-state index in [0.717, 1.165) is 12.3 Å². The number of ether oxygens (including phenoxy) is 2. The first-order valence-electron chi connectivity index (χ1n) is 5.97. The van der Waals surface area contributed by atoms with Crippen molar-refractivity contribution in [2.45, 2.75) is 6.92 Å². The molecule has 6 nitrogen and oxygen atoms in total. The van der Waals surface area contributed by atoms with Crippen molar-refractivity contribution in [2.24, 2.45) is 0 Å². The van der Waals surface area contributed by atoms with E-state index in [0.29, 0.717) is 28.7 Å². The van der Waals surface area contributed by atoms with Crippen LogP contribution in [0, 0.1) is 0 Å². The average molecular weight is 334 g/mol. The van der Waals surface area contributed by atoms with E-state index >= 15 is 0 Å². The average Bonchev–Trinajstić information content (AvgIpc) is 2.37. The number of sulfonamides is 1. The van der Waals surface area contributed by atoms with E-state index in [2.05, 4.69) is 0 Å². The van der Waals surface area contributed by atoms with Gasteiger partial charge < -0.3 is 9.47 Å². The minimum absolute atomic E-state index is 0.333. The second-order valence-electron chi connectivity index (χ2n) is 4.04. The van der Waals surface area contributed by atoms with Crippen molar-refractivity contribution in [1.82, 2.24) is 4.72 Å². The fourth-order valence-corrected chi connectivity index (χ4v) is 2.22. The first-order valence-corrected chi connectivity index (χ1v) is 8.24. The summed E-state index contributed by atoms with van der Waals surface area (Å²) in [6, 6.07) is 3.21. The fourth-order valence-electron chi connectivity index (χ4n) is 1.51. The molecule has 0 saturated heterocycles. The van der Waals surface area contributed by atoms with Crippen molar-refractivity contribution in [1.29, 1.82) is 0 Å². The number of nitrogens with one attached hydrogen (secondary N) is 1. The molecule has 0 aliphatic rings. The van der Waals surface area contributed by atoms with Crippen LogP contribution in [-0.2, 0) is 14.8 Å². The molecule has 1 amide bonds. The van der Waals surface area contributed by atoms with Crippen LogP contribution >= 0.6 is 11.6 Å². The molecule has 0 aromatic heterocycles. The Morgan fingerprint density at radius 3 is 2.62 bits per heavy atom. The van der Waals surface area contributed by atoms with E-state index in [1.807, 2.05) is 11.6 Å². The number of amides is 1. The summed E-state index contributed by atoms with van der Waals surface area (Å²) in [4.78, 5) is 11.4. The van der Waals surface area contributed by atoms with Crippen LogP contribution in [-0.4, -0.2) is 34.3 Å². The quantitative estimate of drug-likeness (QED) is 0.803. The van der Waals surface area contributed by atoms with Crippen molar-refractivity contribution < 1.29 is 22.7 Å². The first-order chi connectivity index (χ1) is 9.76. The SMILES string of the molecule is CCOc1c(Cl)cc(/C=C/C(=O)NS(C)(=O)=O)cc1OC. The highest BCUT2D eigenvalue weighted by atomic mass is 35.5. The van der Waals surface area contributed by atoms with Gasteiger partial charge in [0.1, 0.15) is 0 Å². The molecule has 21 heavy (non-hydrogen) atoms. The molecule has 0 aliphatic carbocycles. The molecule has 0 fully saturated rings. The zero-order valence-electron chi connectivity index (χ0n) is 11.8. The fraction of sp³-hybridized carbons (Fsp3) is 0.308. The van der Waals surface area contributed by atoms with Crippen LogP contribution in [0.15, 0.2) is 18.2 Å². The van der Waals surface area contributed by atoms with Crippen LogP contribution in [0.25, 0.3) is 6.08 Å². The lowest BCUT2D eigenvalue weighted by atomic mass is 10.2. The number of hydrogen-bond donors (Lipinski definition) is 1. The molecule has 0 atom stereocenters. The largest absolute Gasteiger partial charge is 0.493 e. The highest BCUT2D eigenvalue weighted by Crippen LogP contribution is 2.36. The Balaban J connectivity index is 3.00. The third-order valence-corrected chi connectivity index (χ3v) is 3.11. The Hall–Kier alpha value is -1.73. The summed E-state index contributed by atoms with van der Waals surface area (Å²) in [6.07, 6.45) is 3.41. The lowest BCUT2D eigenvalue weighted by molar-refractivity contribution is -0.114. The zero-order chi connectivity index (χ0) is 16.0. The number of methoxy groups -OCH3 is 1. The maximum absolute atomic E-state index is 11.4. The van der Waals surface area contributed by atoms with Gasteiger partial charge in [-0.15, -0.1) is 0 Å². The van der Waals surface area contributed by atoms with Crippen LogP contribution in [0.3, 0.4) is 0 Å². The minimum atomic E-state index is -3.58. The van der Waals surface area contributed by atoms with Crippen LogP contribution < -0.4 is 14.2 Å². The summed E-state index contributed by atoms with van der Waals surface area (Å²) < 4.78 is 34.2. The van der Waals surface area contributed by atoms with Crippen molar-refractivity contribution in [3.63, 3.8) is 0 Å². The number of benzene rings is 1. The summed E-state index contributed by atoms with van der Waals surface area (Å²) in [7, 11) is -2.11.